The van der Waals surface area contributed by atoms with E-state index in [1.807, 2.05) is 11.8 Å². The van der Waals surface area contributed by atoms with Crippen LogP contribution < -0.4 is 9.80 Å². The van der Waals surface area contributed by atoms with E-state index in [9.17, 15) is 0 Å². The van der Waals surface area contributed by atoms with Gasteiger partial charge in [-0.25, -0.2) is 0 Å². The van der Waals surface area contributed by atoms with Gasteiger partial charge in [-0.05, 0) is 18.4 Å². The SMILES string of the molecule is CSc1ccc(C[NH+]2CC[NH+](Cc3ccccc3)CC2)cc1. The number of hydrogen-bond acceptors (Lipinski definition) is 1. The first-order chi connectivity index (χ1) is 10.8. The summed E-state index contributed by atoms with van der Waals surface area (Å²) < 4.78 is 0. The summed E-state index contributed by atoms with van der Waals surface area (Å²) in [7, 11) is 0. The Labute approximate surface area is 138 Å². The average Bonchev–Trinajstić information content (AvgIpc) is 2.58. The van der Waals surface area contributed by atoms with E-state index in [1.165, 1.54) is 55.3 Å². The van der Waals surface area contributed by atoms with Crippen molar-refractivity contribution in [2.75, 3.05) is 32.4 Å². The van der Waals surface area contributed by atoms with Crippen molar-refractivity contribution in [1.29, 1.82) is 0 Å². The minimum atomic E-state index is 1.17. The lowest BCUT2D eigenvalue weighted by atomic mass is 10.1. The number of hydrogen-bond donors (Lipinski definition) is 2. The molecule has 116 valence electrons. The summed E-state index contributed by atoms with van der Waals surface area (Å²) in [6, 6.07) is 20.0. The zero-order valence-corrected chi connectivity index (χ0v) is 14.2. The Morgan fingerprint density at radius 2 is 1.23 bits per heavy atom. The lowest BCUT2D eigenvalue weighted by Gasteiger charge is -2.29. The second-order valence-electron chi connectivity index (χ2n) is 6.19. The molecule has 0 radical (unpaired) electrons. The number of rotatable bonds is 5. The summed E-state index contributed by atoms with van der Waals surface area (Å²) in [4.78, 5) is 4.82. The van der Waals surface area contributed by atoms with Gasteiger partial charge in [0.2, 0.25) is 0 Å². The summed E-state index contributed by atoms with van der Waals surface area (Å²) in [6.07, 6.45) is 2.13. The number of benzene rings is 2. The van der Waals surface area contributed by atoms with Gasteiger partial charge < -0.3 is 9.80 Å². The van der Waals surface area contributed by atoms with Gasteiger partial charge in [0, 0.05) is 16.0 Å². The topological polar surface area (TPSA) is 8.88 Å². The molecule has 3 heteroatoms. The highest BCUT2D eigenvalue weighted by Crippen LogP contribution is 2.14. The van der Waals surface area contributed by atoms with Crippen LogP contribution in [0.25, 0.3) is 0 Å². The van der Waals surface area contributed by atoms with Crippen LogP contribution in [0.1, 0.15) is 11.1 Å². The van der Waals surface area contributed by atoms with Crippen molar-refractivity contribution in [2.24, 2.45) is 0 Å². The molecule has 2 aromatic rings. The molecule has 0 aromatic heterocycles. The molecule has 0 unspecified atom stereocenters. The van der Waals surface area contributed by atoms with Crippen molar-refractivity contribution in [3.63, 3.8) is 0 Å². The zero-order chi connectivity index (χ0) is 15.2. The van der Waals surface area contributed by atoms with Crippen LogP contribution in [0.5, 0.6) is 0 Å². The maximum atomic E-state index is 2.29. The standard InChI is InChI=1S/C19H24N2S/c1-22-19-9-7-18(8-10-19)16-21-13-11-20(12-14-21)15-17-5-3-2-4-6-17/h2-10H,11-16H2,1H3/p+2. The van der Waals surface area contributed by atoms with E-state index < -0.39 is 0 Å². The van der Waals surface area contributed by atoms with Crippen LogP contribution in [0, 0.1) is 0 Å². The van der Waals surface area contributed by atoms with E-state index in [0.717, 1.165) is 0 Å². The van der Waals surface area contributed by atoms with Gasteiger partial charge in [0.05, 0.1) is 0 Å². The Bertz CT molecular complexity index is 560. The molecule has 0 saturated carbocycles. The molecule has 2 nitrogen and oxygen atoms in total. The molecule has 2 N–H and O–H groups in total. The van der Waals surface area contributed by atoms with Crippen molar-refractivity contribution < 1.29 is 9.80 Å². The number of quaternary nitrogens is 2. The van der Waals surface area contributed by atoms with Crippen molar-refractivity contribution in [3.8, 4) is 0 Å². The van der Waals surface area contributed by atoms with Gasteiger partial charge in [0.1, 0.15) is 39.3 Å². The van der Waals surface area contributed by atoms with E-state index in [4.69, 9.17) is 0 Å². The largest absolute Gasteiger partial charge is 0.322 e. The smallest absolute Gasteiger partial charge is 0.127 e. The van der Waals surface area contributed by atoms with Crippen LogP contribution in [-0.2, 0) is 13.1 Å². The molecule has 0 bridgehead atoms. The highest BCUT2D eigenvalue weighted by atomic mass is 32.2. The van der Waals surface area contributed by atoms with Gasteiger partial charge in [-0.3, -0.25) is 0 Å². The van der Waals surface area contributed by atoms with Crippen molar-refractivity contribution in [1.82, 2.24) is 0 Å². The molecule has 1 saturated heterocycles. The maximum absolute atomic E-state index is 2.29. The minimum Gasteiger partial charge on any atom is -0.322 e. The van der Waals surface area contributed by atoms with E-state index in [2.05, 4.69) is 60.9 Å². The summed E-state index contributed by atoms with van der Waals surface area (Å²) in [5.74, 6) is 0. The Morgan fingerprint density at radius 1 is 0.727 bits per heavy atom. The number of piperazine rings is 1. The molecule has 1 aliphatic rings. The van der Waals surface area contributed by atoms with E-state index in [1.54, 1.807) is 9.80 Å². The first-order valence-corrected chi connectivity index (χ1v) is 9.40. The summed E-state index contributed by atoms with van der Waals surface area (Å²) in [5.41, 5.74) is 2.94. The fourth-order valence-electron chi connectivity index (χ4n) is 3.23. The minimum absolute atomic E-state index is 1.17. The lowest BCUT2D eigenvalue weighted by Crippen LogP contribution is -3.27. The van der Waals surface area contributed by atoms with Crippen molar-refractivity contribution in [3.05, 3.63) is 65.7 Å². The van der Waals surface area contributed by atoms with Crippen LogP contribution in [-0.4, -0.2) is 32.4 Å². The summed E-state index contributed by atoms with van der Waals surface area (Å²) in [5, 5.41) is 0. The van der Waals surface area contributed by atoms with Gasteiger partial charge in [-0.2, -0.15) is 0 Å². The van der Waals surface area contributed by atoms with Gasteiger partial charge >= 0.3 is 0 Å². The predicted octanol–water partition coefficient (Wildman–Crippen LogP) is 0.892. The van der Waals surface area contributed by atoms with Gasteiger partial charge in [0.25, 0.3) is 0 Å². The van der Waals surface area contributed by atoms with Crippen LogP contribution in [0.3, 0.4) is 0 Å². The van der Waals surface area contributed by atoms with Crippen molar-refractivity contribution >= 4 is 11.8 Å². The third-order valence-corrected chi connectivity index (χ3v) is 5.32. The summed E-state index contributed by atoms with van der Waals surface area (Å²) in [6.45, 7) is 7.49. The van der Waals surface area contributed by atoms with E-state index >= 15 is 0 Å². The second-order valence-corrected chi connectivity index (χ2v) is 7.07. The van der Waals surface area contributed by atoms with E-state index in [0.29, 0.717) is 0 Å². The van der Waals surface area contributed by atoms with E-state index in [-0.39, 0.29) is 0 Å². The average molecular weight is 314 g/mol. The number of thioether (sulfide) groups is 1. The zero-order valence-electron chi connectivity index (χ0n) is 13.3. The first kappa shape index (κ1) is 15.6. The molecule has 0 aliphatic carbocycles. The highest BCUT2D eigenvalue weighted by Gasteiger charge is 2.22. The Kier molecular flexibility index (Phi) is 5.54. The molecule has 0 atom stereocenters. The lowest BCUT2D eigenvalue weighted by molar-refractivity contribution is -1.02. The Morgan fingerprint density at radius 3 is 1.73 bits per heavy atom. The normalized spacial score (nSPS) is 21.7. The highest BCUT2D eigenvalue weighted by molar-refractivity contribution is 7.98. The van der Waals surface area contributed by atoms with Gasteiger partial charge in [-0.1, -0.05) is 42.5 Å². The van der Waals surface area contributed by atoms with Crippen LogP contribution in [0.15, 0.2) is 59.5 Å². The van der Waals surface area contributed by atoms with Crippen LogP contribution in [0.4, 0.5) is 0 Å². The maximum Gasteiger partial charge on any atom is 0.127 e. The molecule has 1 aliphatic heterocycles. The molecule has 1 fully saturated rings. The Balaban J connectivity index is 1.47. The molecular weight excluding hydrogens is 288 g/mol. The molecule has 2 aromatic carbocycles. The van der Waals surface area contributed by atoms with Crippen LogP contribution >= 0.6 is 11.8 Å². The Hall–Kier alpha value is -1.29. The second kappa shape index (κ2) is 7.82. The quantitative estimate of drug-likeness (QED) is 0.779. The van der Waals surface area contributed by atoms with Gasteiger partial charge in [0.15, 0.2) is 0 Å². The fourth-order valence-corrected chi connectivity index (χ4v) is 3.64. The molecule has 3 rings (SSSR count). The monoisotopic (exact) mass is 314 g/mol. The molecule has 22 heavy (non-hydrogen) atoms. The molecule has 0 spiro atoms. The van der Waals surface area contributed by atoms with Crippen molar-refractivity contribution in [2.45, 2.75) is 18.0 Å². The van der Waals surface area contributed by atoms with Crippen LogP contribution in [0.2, 0.25) is 0 Å². The third-order valence-electron chi connectivity index (χ3n) is 4.57. The third kappa shape index (κ3) is 4.35. The van der Waals surface area contributed by atoms with Gasteiger partial charge in [-0.15, -0.1) is 11.8 Å². The predicted molar refractivity (Wildman–Crippen MR) is 93.5 cm³/mol. The fraction of sp³-hybridized carbons (Fsp3) is 0.368. The first-order valence-electron chi connectivity index (χ1n) is 8.17. The summed E-state index contributed by atoms with van der Waals surface area (Å²) >= 11 is 1.81. The molecular formula is C19H26N2S+2. The number of nitrogens with one attached hydrogen (secondary N) is 2. The molecule has 1 heterocycles. The molecule has 0 amide bonds.